The molecule has 0 radical (unpaired) electrons. The first-order valence-corrected chi connectivity index (χ1v) is 5.13. The van der Waals surface area contributed by atoms with Crippen molar-refractivity contribution in [3.8, 4) is 0 Å². The summed E-state index contributed by atoms with van der Waals surface area (Å²) in [5.74, 6) is -0.867. The van der Waals surface area contributed by atoms with Gasteiger partial charge in [-0.2, -0.15) is 0 Å². The van der Waals surface area contributed by atoms with Crippen LogP contribution >= 0.6 is 11.6 Å². The van der Waals surface area contributed by atoms with Crippen molar-refractivity contribution in [2.45, 2.75) is 25.9 Å². The van der Waals surface area contributed by atoms with E-state index >= 15 is 0 Å². The first-order chi connectivity index (χ1) is 7.02. The number of carboxylic acids is 1. The molecule has 0 aliphatic heterocycles. The van der Waals surface area contributed by atoms with Crippen LogP contribution in [0.4, 0.5) is 0 Å². The van der Waals surface area contributed by atoms with Crippen LogP contribution < -0.4 is 5.32 Å². The Hall–Kier alpha value is -1.06. The molecule has 1 aromatic carbocycles. The van der Waals surface area contributed by atoms with Gasteiger partial charge in [-0.05, 0) is 25.5 Å². The minimum Gasteiger partial charge on any atom is -0.480 e. The number of rotatable bonds is 4. The lowest BCUT2D eigenvalue weighted by molar-refractivity contribution is -0.139. The smallest absolute Gasteiger partial charge is 0.320 e. The lowest BCUT2D eigenvalue weighted by Crippen LogP contribution is -2.35. The van der Waals surface area contributed by atoms with E-state index in [0.29, 0.717) is 5.02 Å². The predicted molar refractivity (Wildman–Crippen MR) is 60.1 cm³/mol. The first kappa shape index (κ1) is 12.0. The highest BCUT2D eigenvalue weighted by atomic mass is 35.5. The average molecular weight is 228 g/mol. The van der Waals surface area contributed by atoms with Crippen molar-refractivity contribution in [1.82, 2.24) is 5.32 Å². The maximum atomic E-state index is 10.7. The quantitative estimate of drug-likeness (QED) is 0.831. The molecule has 0 amide bonds. The molecule has 2 N–H and O–H groups in total. The van der Waals surface area contributed by atoms with E-state index in [4.69, 9.17) is 16.7 Å². The molecule has 4 heteroatoms. The molecule has 0 saturated heterocycles. The zero-order valence-electron chi connectivity index (χ0n) is 8.70. The van der Waals surface area contributed by atoms with E-state index in [1.54, 1.807) is 13.0 Å². The fraction of sp³-hybridized carbons (Fsp3) is 0.364. The molecule has 0 spiro atoms. The number of hydrogen-bond donors (Lipinski definition) is 2. The van der Waals surface area contributed by atoms with Gasteiger partial charge in [-0.1, -0.05) is 29.8 Å². The maximum Gasteiger partial charge on any atom is 0.320 e. The molecule has 2 atom stereocenters. The van der Waals surface area contributed by atoms with E-state index < -0.39 is 12.0 Å². The van der Waals surface area contributed by atoms with Crippen molar-refractivity contribution in [3.05, 3.63) is 34.9 Å². The highest BCUT2D eigenvalue weighted by Gasteiger charge is 2.16. The van der Waals surface area contributed by atoms with Gasteiger partial charge in [0.15, 0.2) is 0 Å². The van der Waals surface area contributed by atoms with Gasteiger partial charge in [0.25, 0.3) is 0 Å². The lowest BCUT2D eigenvalue weighted by Gasteiger charge is -2.18. The molecule has 0 heterocycles. The summed E-state index contributed by atoms with van der Waals surface area (Å²) in [7, 11) is 0. The summed E-state index contributed by atoms with van der Waals surface area (Å²) < 4.78 is 0. The van der Waals surface area contributed by atoms with Crippen molar-refractivity contribution in [1.29, 1.82) is 0 Å². The third kappa shape index (κ3) is 3.22. The first-order valence-electron chi connectivity index (χ1n) is 4.75. The van der Waals surface area contributed by atoms with Crippen LogP contribution in [0.1, 0.15) is 25.5 Å². The number of carbonyl (C=O) groups is 1. The number of aliphatic carboxylic acids is 1. The second kappa shape index (κ2) is 5.14. The molecule has 15 heavy (non-hydrogen) atoms. The minimum atomic E-state index is -0.867. The largest absolute Gasteiger partial charge is 0.480 e. The highest BCUT2D eigenvalue weighted by Crippen LogP contribution is 2.22. The Bertz CT molecular complexity index is 354. The zero-order chi connectivity index (χ0) is 11.4. The fourth-order valence-corrected chi connectivity index (χ4v) is 1.66. The van der Waals surface area contributed by atoms with Gasteiger partial charge in [0.1, 0.15) is 6.04 Å². The number of hydrogen-bond acceptors (Lipinski definition) is 2. The summed E-state index contributed by atoms with van der Waals surface area (Å²) >= 11 is 5.99. The topological polar surface area (TPSA) is 49.3 Å². The molecular formula is C11H14ClNO2. The van der Waals surface area contributed by atoms with Crippen molar-refractivity contribution in [3.63, 3.8) is 0 Å². The fourth-order valence-electron chi connectivity index (χ4n) is 1.36. The summed E-state index contributed by atoms with van der Waals surface area (Å²) in [4.78, 5) is 10.7. The normalized spacial score (nSPS) is 14.6. The van der Waals surface area contributed by atoms with Crippen LogP contribution in [0.15, 0.2) is 24.3 Å². The predicted octanol–water partition coefficient (Wildman–Crippen LogP) is 2.46. The van der Waals surface area contributed by atoms with Crippen LogP contribution in [-0.2, 0) is 4.79 Å². The van der Waals surface area contributed by atoms with Crippen LogP contribution in [-0.4, -0.2) is 17.1 Å². The third-order valence-corrected chi connectivity index (χ3v) is 2.59. The Kier molecular flexibility index (Phi) is 4.12. The molecule has 0 saturated carbocycles. The van der Waals surface area contributed by atoms with Gasteiger partial charge in [0.05, 0.1) is 0 Å². The van der Waals surface area contributed by atoms with Crippen LogP contribution in [0.2, 0.25) is 5.02 Å². The standard InChI is InChI=1S/C11H14ClNO2/c1-7(13-8(2)11(14)15)9-5-3-4-6-10(9)12/h3-8,13H,1-2H3,(H,14,15)/t7-,8?/m1/s1. The van der Waals surface area contributed by atoms with E-state index in [-0.39, 0.29) is 6.04 Å². The molecule has 0 fully saturated rings. The Morgan fingerprint density at radius 2 is 2.00 bits per heavy atom. The van der Waals surface area contributed by atoms with Crippen LogP contribution in [0, 0.1) is 0 Å². The number of halogens is 1. The maximum absolute atomic E-state index is 10.7. The van der Waals surface area contributed by atoms with E-state index in [1.807, 2.05) is 25.1 Å². The SMILES string of the molecule is CC(N[C@H](C)c1ccccc1Cl)C(=O)O. The minimum absolute atomic E-state index is 0.0789. The number of carboxylic acid groups (broad SMARTS) is 1. The van der Waals surface area contributed by atoms with Gasteiger partial charge < -0.3 is 5.11 Å². The van der Waals surface area contributed by atoms with Gasteiger partial charge >= 0.3 is 5.97 Å². The van der Waals surface area contributed by atoms with Gasteiger partial charge in [0, 0.05) is 11.1 Å². The zero-order valence-corrected chi connectivity index (χ0v) is 9.45. The second-order valence-corrected chi connectivity index (χ2v) is 3.88. The molecule has 0 aliphatic rings. The molecule has 3 nitrogen and oxygen atoms in total. The van der Waals surface area contributed by atoms with Crippen LogP contribution in [0.5, 0.6) is 0 Å². The molecule has 82 valence electrons. The van der Waals surface area contributed by atoms with Crippen LogP contribution in [0.3, 0.4) is 0 Å². The monoisotopic (exact) mass is 227 g/mol. The summed E-state index contributed by atoms with van der Waals surface area (Å²) in [6.45, 7) is 3.50. The van der Waals surface area contributed by atoms with E-state index in [9.17, 15) is 4.79 Å². The molecule has 0 bridgehead atoms. The Balaban J connectivity index is 2.73. The van der Waals surface area contributed by atoms with Crippen molar-refractivity contribution in [2.75, 3.05) is 0 Å². The third-order valence-electron chi connectivity index (χ3n) is 2.24. The molecule has 1 unspecified atom stereocenters. The van der Waals surface area contributed by atoms with E-state index in [0.717, 1.165) is 5.56 Å². The Morgan fingerprint density at radius 1 is 1.40 bits per heavy atom. The van der Waals surface area contributed by atoms with Gasteiger partial charge in [-0.3, -0.25) is 10.1 Å². The van der Waals surface area contributed by atoms with Crippen molar-refractivity contribution in [2.24, 2.45) is 0 Å². The molecule has 0 aromatic heterocycles. The van der Waals surface area contributed by atoms with E-state index in [2.05, 4.69) is 5.32 Å². The molecular weight excluding hydrogens is 214 g/mol. The summed E-state index contributed by atoms with van der Waals surface area (Å²) in [6, 6.07) is 6.74. The number of benzene rings is 1. The lowest BCUT2D eigenvalue weighted by atomic mass is 10.1. The summed E-state index contributed by atoms with van der Waals surface area (Å²) in [5.41, 5.74) is 0.910. The second-order valence-electron chi connectivity index (χ2n) is 3.47. The average Bonchev–Trinajstić information content (AvgIpc) is 2.18. The molecule has 1 rings (SSSR count). The van der Waals surface area contributed by atoms with Crippen molar-refractivity contribution >= 4 is 17.6 Å². The van der Waals surface area contributed by atoms with Gasteiger partial charge in [-0.25, -0.2) is 0 Å². The highest BCUT2D eigenvalue weighted by molar-refractivity contribution is 6.31. The van der Waals surface area contributed by atoms with Gasteiger partial charge in [-0.15, -0.1) is 0 Å². The van der Waals surface area contributed by atoms with Crippen molar-refractivity contribution < 1.29 is 9.90 Å². The Labute approximate surface area is 94.1 Å². The Morgan fingerprint density at radius 3 is 2.53 bits per heavy atom. The molecule has 1 aromatic rings. The summed E-state index contributed by atoms with van der Waals surface area (Å²) in [5, 5.41) is 12.4. The van der Waals surface area contributed by atoms with Gasteiger partial charge in [0.2, 0.25) is 0 Å². The summed E-state index contributed by atoms with van der Waals surface area (Å²) in [6.07, 6.45) is 0. The molecule has 0 aliphatic carbocycles. The van der Waals surface area contributed by atoms with E-state index in [1.165, 1.54) is 0 Å². The van der Waals surface area contributed by atoms with Crippen LogP contribution in [0.25, 0.3) is 0 Å². The number of nitrogens with one attached hydrogen (secondary N) is 1.